The molecule has 0 saturated carbocycles. The minimum Gasteiger partial charge on any atom is -0.478 e. The highest BCUT2D eigenvalue weighted by molar-refractivity contribution is 5.92. The van der Waals surface area contributed by atoms with Gasteiger partial charge >= 0.3 is 12.0 Å². The zero-order valence-electron chi connectivity index (χ0n) is 10.5. The van der Waals surface area contributed by atoms with Crippen LogP contribution in [0.1, 0.15) is 10.4 Å². The molecule has 9 nitrogen and oxygen atoms in total. The summed E-state index contributed by atoms with van der Waals surface area (Å²) < 4.78 is 4.84. The van der Waals surface area contributed by atoms with Gasteiger partial charge in [-0.1, -0.05) is 0 Å². The van der Waals surface area contributed by atoms with Crippen molar-refractivity contribution in [3.05, 3.63) is 24.0 Å². The van der Waals surface area contributed by atoms with E-state index in [1.165, 1.54) is 18.5 Å². The molecular formula is C11H14N4O5. The molecule has 0 atom stereocenters. The fourth-order valence-corrected chi connectivity index (χ4v) is 1.21. The molecule has 0 unspecified atom stereocenters. The van der Waals surface area contributed by atoms with E-state index in [0.29, 0.717) is 0 Å². The van der Waals surface area contributed by atoms with Gasteiger partial charge in [-0.05, 0) is 6.07 Å². The average Bonchev–Trinajstić information content (AvgIpc) is 2.38. The number of amides is 3. The van der Waals surface area contributed by atoms with Crippen LogP contribution in [0.4, 0.5) is 10.5 Å². The number of rotatable bonds is 7. The number of aromatic carboxylic acids is 1. The lowest BCUT2D eigenvalue weighted by atomic mass is 10.3. The maximum Gasteiger partial charge on any atom is 0.337 e. The number of carboxylic acids is 1. The molecular weight excluding hydrogens is 268 g/mol. The molecule has 1 heterocycles. The lowest BCUT2D eigenvalue weighted by molar-refractivity contribution is -0.122. The summed E-state index contributed by atoms with van der Waals surface area (Å²) in [6.07, 6.45) is 2.48. The van der Waals surface area contributed by atoms with Gasteiger partial charge in [0.05, 0.1) is 24.1 Å². The van der Waals surface area contributed by atoms with E-state index in [9.17, 15) is 14.4 Å². The van der Waals surface area contributed by atoms with E-state index in [1.807, 2.05) is 0 Å². The van der Waals surface area contributed by atoms with Crippen LogP contribution in [0.25, 0.3) is 0 Å². The first kappa shape index (κ1) is 15.4. The smallest absolute Gasteiger partial charge is 0.337 e. The van der Waals surface area contributed by atoms with Crippen molar-refractivity contribution in [3.63, 3.8) is 0 Å². The Labute approximate surface area is 114 Å². The lowest BCUT2D eigenvalue weighted by Crippen LogP contribution is -2.32. The van der Waals surface area contributed by atoms with Crippen LogP contribution in [0.2, 0.25) is 0 Å². The SMILES string of the molecule is NC(=O)COCCNC(=O)Nc1cncc(C(=O)O)c1. The predicted molar refractivity (Wildman–Crippen MR) is 68.2 cm³/mol. The zero-order valence-corrected chi connectivity index (χ0v) is 10.5. The van der Waals surface area contributed by atoms with Crippen LogP contribution < -0.4 is 16.4 Å². The molecule has 0 aliphatic heterocycles. The first-order chi connectivity index (χ1) is 9.49. The Balaban J connectivity index is 2.33. The zero-order chi connectivity index (χ0) is 15.0. The molecule has 108 valence electrons. The minimum absolute atomic E-state index is 0.0346. The maximum absolute atomic E-state index is 11.4. The summed E-state index contributed by atoms with van der Waals surface area (Å²) in [5, 5.41) is 13.6. The summed E-state index contributed by atoms with van der Waals surface area (Å²) in [7, 11) is 0. The number of nitrogens with one attached hydrogen (secondary N) is 2. The van der Waals surface area contributed by atoms with Gasteiger partial charge in [-0.2, -0.15) is 0 Å². The number of anilines is 1. The van der Waals surface area contributed by atoms with Crippen molar-refractivity contribution in [1.29, 1.82) is 0 Å². The summed E-state index contributed by atoms with van der Waals surface area (Å²) in [6.45, 7) is 0.0861. The summed E-state index contributed by atoms with van der Waals surface area (Å²) in [5.74, 6) is -1.73. The lowest BCUT2D eigenvalue weighted by Gasteiger charge is -2.07. The third-order valence-electron chi connectivity index (χ3n) is 2.02. The molecule has 0 aromatic carbocycles. The van der Waals surface area contributed by atoms with Crippen molar-refractivity contribution in [2.24, 2.45) is 5.73 Å². The summed E-state index contributed by atoms with van der Waals surface area (Å²) in [4.78, 5) is 36.2. The quantitative estimate of drug-likeness (QED) is 0.492. The van der Waals surface area contributed by atoms with E-state index in [4.69, 9.17) is 15.6 Å². The Morgan fingerprint density at radius 3 is 2.75 bits per heavy atom. The second kappa shape index (κ2) is 7.69. The van der Waals surface area contributed by atoms with Crippen LogP contribution in [0.15, 0.2) is 18.5 Å². The molecule has 9 heteroatoms. The standard InChI is InChI=1S/C11H14N4O5/c12-9(16)6-20-2-1-14-11(19)15-8-3-7(10(17)18)4-13-5-8/h3-5H,1-2,6H2,(H2,12,16)(H,17,18)(H2,14,15,19). The Hall–Kier alpha value is -2.68. The highest BCUT2D eigenvalue weighted by atomic mass is 16.5. The van der Waals surface area contributed by atoms with Gasteiger partial charge in [-0.3, -0.25) is 9.78 Å². The maximum atomic E-state index is 11.4. The number of carbonyl (C=O) groups is 3. The molecule has 1 rings (SSSR count). The van der Waals surface area contributed by atoms with E-state index in [0.717, 1.165) is 0 Å². The van der Waals surface area contributed by atoms with Gasteiger partial charge in [0.2, 0.25) is 5.91 Å². The topological polar surface area (TPSA) is 144 Å². The van der Waals surface area contributed by atoms with Crippen LogP contribution in [-0.4, -0.2) is 47.8 Å². The van der Waals surface area contributed by atoms with Gasteiger partial charge in [0.25, 0.3) is 0 Å². The van der Waals surface area contributed by atoms with Gasteiger partial charge in [0.15, 0.2) is 0 Å². The van der Waals surface area contributed by atoms with Crippen molar-refractivity contribution in [3.8, 4) is 0 Å². The molecule has 0 fully saturated rings. The Bertz CT molecular complexity index is 505. The molecule has 0 radical (unpaired) electrons. The summed E-state index contributed by atoms with van der Waals surface area (Å²) in [5.41, 5.74) is 5.07. The number of carbonyl (C=O) groups excluding carboxylic acids is 2. The fraction of sp³-hybridized carbons (Fsp3) is 0.273. The Morgan fingerprint density at radius 1 is 1.35 bits per heavy atom. The second-order valence-electron chi connectivity index (χ2n) is 3.67. The molecule has 5 N–H and O–H groups in total. The van der Waals surface area contributed by atoms with E-state index >= 15 is 0 Å². The van der Waals surface area contributed by atoms with E-state index in [2.05, 4.69) is 15.6 Å². The highest BCUT2D eigenvalue weighted by Gasteiger charge is 2.06. The Kier molecular flexibility index (Phi) is 5.91. The average molecular weight is 282 g/mol. The van der Waals surface area contributed by atoms with Crippen molar-refractivity contribution in [2.45, 2.75) is 0 Å². The number of pyridine rings is 1. The number of carboxylic acid groups (broad SMARTS) is 1. The number of nitrogens with two attached hydrogens (primary N) is 1. The van der Waals surface area contributed by atoms with Gasteiger partial charge in [0, 0.05) is 12.7 Å². The molecule has 0 bridgehead atoms. The predicted octanol–water partition coefficient (Wildman–Crippen LogP) is -0.597. The van der Waals surface area contributed by atoms with E-state index in [-0.39, 0.29) is 31.0 Å². The number of primary amides is 1. The number of aromatic nitrogens is 1. The number of ether oxygens (including phenoxy) is 1. The van der Waals surface area contributed by atoms with Crippen molar-refractivity contribution >= 4 is 23.6 Å². The first-order valence-corrected chi connectivity index (χ1v) is 5.58. The van der Waals surface area contributed by atoms with Crippen molar-refractivity contribution in [2.75, 3.05) is 25.1 Å². The summed E-state index contributed by atoms with van der Waals surface area (Å²) >= 11 is 0. The van der Waals surface area contributed by atoms with Gasteiger partial charge < -0.3 is 26.2 Å². The minimum atomic E-state index is -1.14. The highest BCUT2D eigenvalue weighted by Crippen LogP contribution is 2.07. The third-order valence-corrected chi connectivity index (χ3v) is 2.02. The van der Waals surface area contributed by atoms with E-state index < -0.39 is 17.9 Å². The molecule has 0 aliphatic carbocycles. The first-order valence-electron chi connectivity index (χ1n) is 5.58. The van der Waals surface area contributed by atoms with Crippen molar-refractivity contribution < 1.29 is 24.2 Å². The summed E-state index contributed by atoms with van der Waals surface area (Å²) in [6, 6.07) is 0.732. The van der Waals surface area contributed by atoms with Gasteiger partial charge in [-0.15, -0.1) is 0 Å². The van der Waals surface area contributed by atoms with Crippen LogP contribution in [-0.2, 0) is 9.53 Å². The second-order valence-corrected chi connectivity index (χ2v) is 3.67. The fourth-order valence-electron chi connectivity index (χ4n) is 1.21. The van der Waals surface area contributed by atoms with Gasteiger partial charge in [0.1, 0.15) is 6.61 Å². The van der Waals surface area contributed by atoms with Crippen LogP contribution in [0.5, 0.6) is 0 Å². The number of hydrogen-bond donors (Lipinski definition) is 4. The van der Waals surface area contributed by atoms with Crippen LogP contribution in [0.3, 0.4) is 0 Å². The molecule has 1 aromatic rings. The van der Waals surface area contributed by atoms with Gasteiger partial charge in [-0.25, -0.2) is 9.59 Å². The van der Waals surface area contributed by atoms with Crippen molar-refractivity contribution in [1.82, 2.24) is 10.3 Å². The monoisotopic (exact) mass is 282 g/mol. The number of hydrogen-bond acceptors (Lipinski definition) is 5. The molecule has 0 saturated heterocycles. The molecule has 20 heavy (non-hydrogen) atoms. The molecule has 1 aromatic heterocycles. The largest absolute Gasteiger partial charge is 0.478 e. The molecule has 0 spiro atoms. The van der Waals surface area contributed by atoms with Crippen LogP contribution >= 0.6 is 0 Å². The number of urea groups is 1. The number of nitrogens with zero attached hydrogens (tertiary/aromatic N) is 1. The van der Waals surface area contributed by atoms with Crippen LogP contribution in [0, 0.1) is 0 Å². The Morgan fingerprint density at radius 2 is 2.10 bits per heavy atom. The molecule has 3 amide bonds. The third kappa shape index (κ3) is 5.78. The normalized spacial score (nSPS) is 9.80. The van der Waals surface area contributed by atoms with E-state index in [1.54, 1.807) is 0 Å². The molecule has 0 aliphatic rings.